The van der Waals surface area contributed by atoms with Crippen molar-refractivity contribution in [1.82, 2.24) is 14.6 Å². The van der Waals surface area contributed by atoms with Gasteiger partial charge in [0.15, 0.2) is 0 Å². The summed E-state index contributed by atoms with van der Waals surface area (Å²) in [6.45, 7) is 1.87. The first-order valence-corrected chi connectivity index (χ1v) is 12.3. The van der Waals surface area contributed by atoms with E-state index in [4.69, 9.17) is 0 Å². The molecule has 0 radical (unpaired) electrons. The van der Waals surface area contributed by atoms with Crippen LogP contribution in [0.15, 0.2) is 59.6 Å². The third-order valence-electron chi connectivity index (χ3n) is 6.32. The van der Waals surface area contributed by atoms with Gasteiger partial charge in [0.05, 0.1) is 10.9 Å². The number of carbonyl (C=O) groups is 1. The summed E-state index contributed by atoms with van der Waals surface area (Å²) in [6.07, 6.45) is 4.35. The van der Waals surface area contributed by atoms with Crippen molar-refractivity contribution >= 4 is 26.8 Å². The van der Waals surface area contributed by atoms with Crippen molar-refractivity contribution in [2.24, 2.45) is 13.0 Å². The molecule has 0 aliphatic heterocycles. The Morgan fingerprint density at radius 3 is 2.44 bits per heavy atom. The van der Waals surface area contributed by atoms with Gasteiger partial charge in [-0.2, -0.15) is 0 Å². The molecular formula is C24H28FN3O3S. The number of sulfonamides is 1. The predicted octanol–water partition coefficient (Wildman–Crippen LogP) is 4.03. The molecule has 1 heterocycles. The Kier molecular flexibility index (Phi) is 6.35. The van der Waals surface area contributed by atoms with Gasteiger partial charge in [-0.1, -0.05) is 12.1 Å². The average Bonchev–Trinajstić information content (AvgIpc) is 3.14. The summed E-state index contributed by atoms with van der Waals surface area (Å²) in [4.78, 5) is 12.9. The second-order valence-corrected chi connectivity index (χ2v) is 10.3. The van der Waals surface area contributed by atoms with Crippen LogP contribution in [-0.4, -0.2) is 24.9 Å². The number of carbonyl (C=O) groups excluding carboxylic acids is 1. The standard InChI is InChI=1S/C24H28FN3O3S/c1-16(17-3-7-20(25)8-4-17)26-24(29)18-5-9-21(10-6-18)27-32(30,31)22-11-12-23-19(15-22)13-14-28(23)2/h3-4,7-8,11-16,18,21,27H,5-6,9-10H2,1-2H3,(H,26,29). The van der Waals surface area contributed by atoms with Crippen LogP contribution in [0.5, 0.6) is 0 Å². The normalized spacial score (nSPS) is 20.2. The first-order chi connectivity index (χ1) is 15.2. The molecule has 2 N–H and O–H groups in total. The van der Waals surface area contributed by atoms with Gasteiger partial charge in [0.2, 0.25) is 15.9 Å². The molecule has 1 aliphatic rings. The fourth-order valence-electron chi connectivity index (χ4n) is 4.35. The topological polar surface area (TPSA) is 80.2 Å². The van der Waals surface area contributed by atoms with Crippen molar-refractivity contribution < 1.29 is 17.6 Å². The van der Waals surface area contributed by atoms with Gasteiger partial charge in [0.1, 0.15) is 5.82 Å². The lowest BCUT2D eigenvalue weighted by atomic mass is 9.85. The molecule has 32 heavy (non-hydrogen) atoms. The average molecular weight is 458 g/mol. The number of hydrogen-bond donors (Lipinski definition) is 2. The van der Waals surface area contributed by atoms with E-state index in [1.165, 1.54) is 12.1 Å². The summed E-state index contributed by atoms with van der Waals surface area (Å²) in [5.41, 5.74) is 1.82. The molecule has 6 nitrogen and oxygen atoms in total. The number of hydrogen-bond acceptors (Lipinski definition) is 3. The van der Waals surface area contributed by atoms with Crippen LogP contribution in [0.2, 0.25) is 0 Å². The second-order valence-electron chi connectivity index (χ2n) is 8.60. The van der Waals surface area contributed by atoms with Gasteiger partial charge in [-0.25, -0.2) is 17.5 Å². The number of halogens is 1. The Balaban J connectivity index is 1.32. The van der Waals surface area contributed by atoms with Gasteiger partial charge in [0.25, 0.3) is 0 Å². The summed E-state index contributed by atoms with van der Waals surface area (Å²) in [6, 6.07) is 12.7. The number of nitrogens with one attached hydrogen (secondary N) is 2. The lowest BCUT2D eigenvalue weighted by Gasteiger charge is -2.29. The van der Waals surface area contributed by atoms with Crippen molar-refractivity contribution in [3.8, 4) is 0 Å². The van der Waals surface area contributed by atoms with E-state index in [9.17, 15) is 17.6 Å². The molecule has 0 spiro atoms. The highest BCUT2D eigenvalue weighted by Crippen LogP contribution is 2.27. The zero-order chi connectivity index (χ0) is 22.9. The van der Waals surface area contributed by atoms with Gasteiger partial charge in [-0.05, 0) is 74.6 Å². The molecule has 2 aromatic carbocycles. The molecule has 1 saturated carbocycles. The third kappa shape index (κ3) is 4.86. The van der Waals surface area contributed by atoms with Gasteiger partial charge in [0, 0.05) is 36.1 Å². The van der Waals surface area contributed by atoms with Crippen LogP contribution < -0.4 is 10.0 Å². The Morgan fingerprint density at radius 1 is 1.06 bits per heavy atom. The summed E-state index contributed by atoms with van der Waals surface area (Å²) in [5.74, 6) is -0.506. The zero-order valence-electron chi connectivity index (χ0n) is 18.2. The minimum Gasteiger partial charge on any atom is -0.351 e. The van der Waals surface area contributed by atoms with E-state index in [1.54, 1.807) is 24.3 Å². The van der Waals surface area contributed by atoms with E-state index in [-0.39, 0.29) is 34.6 Å². The van der Waals surface area contributed by atoms with Crippen molar-refractivity contribution in [1.29, 1.82) is 0 Å². The first-order valence-electron chi connectivity index (χ1n) is 10.9. The van der Waals surface area contributed by atoms with E-state index in [0.29, 0.717) is 25.7 Å². The van der Waals surface area contributed by atoms with Crippen molar-refractivity contribution in [2.75, 3.05) is 0 Å². The second kappa shape index (κ2) is 9.03. The van der Waals surface area contributed by atoms with E-state index in [0.717, 1.165) is 16.5 Å². The van der Waals surface area contributed by atoms with Crippen molar-refractivity contribution in [3.05, 3.63) is 66.1 Å². The number of benzene rings is 2. The maximum Gasteiger partial charge on any atom is 0.240 e. The highest BCUT2D eigenvalue weighted by molar-refractivity contribution is 7.89. The van der Waals surface area contributed by atoms with E-state index in [2.05, 4.69) is 10.0 Å². The van der Waals surface area contributed by atoms with Gasteiger partial charge >= 0.3 is 0 Å². The fraction of sp³-hybridized carbons (Fsp3) is 0.375. The molecule has 1 unspecified atom stereocenters. The van der Waals surface area contributed by atoms with E-state index >= 15 is 0 Å². The number of rotatable bonds is 6. The van der Waals surface area contributed by atoms with Crippen LogP contribution in [0.25, 0.3) is 10.9 Å². The Labute approximate surface area is 187 Å². The van der Waals surface area contributed by atoms with Crippen molar-refractivity contribution in [2.45, 2.75) is 49.6 Å². The van der Waals surface area contributed by atoms with Gasteiger partial charge in [-0.3, -0.25) is 4.79 Å². The predicted molar refractivity (Wildman–Crippen MR) is 122 cm³/mol. The lowest BCUT2D eigenvalue weighted by Crippen LogP contribution is -2.41. The number of fused-ring (bicyclic) bond motifs is 1. The summed E-state index contributed by atoms with van der Waals surface area (Å²) in [7, 11) is -1.71. The minimum atomic E-state index is -3.63. The zero-order valence-corrected chi connectivity index (χ0v) is 19.0. The third-order valence-corrected chi connectivity index (χ3v) is 7.83. The van der Waals surface area contributed by atoms with Crippen LogP contribution in [-0.2, 0) is 21.9 Å². The van der Waals surface area contributed by atoms with E-state index in [1.807, 2.05) is 36.9 Å². The minimum absolute atomic E-state index is 0.0438. The maximum absolute atomic E-state index is 13.1. The molecule has 0 saturated heterocycles. The largest absolute Gasteiger partial charge is 0.351 e. The van der Waals surface area contributed by atoms with Crippen LogP contribution in [0.1, 0.15) is 44.2 Å². The fourth-order valence-corrected chi connectivity index (χ4v) is 5.69. The molecule has 4 rings (SSSR count). The quantitative estimate of drug-likeness (QED) is 0.587. The SMILES string of the molecule is CC(NC(=O)C1CCC(NS(=O)(=O)c2ccc3c(ccn3C)c2)CC1)c1ccc(F)cc1. The molecule has 3 aromatic rings. The van der Waals surface area contributed by atoms with Gasteiger partial charge < -0.3 is 9.88 Å². The molecular weight excluding hydrogens is 429 g/mol. The van der Waals surface area contributed by atoms with E-state index < -0.39 is 10.0 Å². The molecule has 0 bridgehead atoms. The highest BCUT2D eigenvalue weighted by Gasteiger charge is 2.30. The number of aryl methyl sites for hydroxylation is 1. The Hall–Kier alpha value is -2.71. The van der Waals surface area contributed by atoms with Crippen LogP contribution >= 0.6 is 0 Å². The number of amides is 1. The highest BCUT2D eigenvalue weighted by atomic mass is 32.2. The smallest absolute Gasteiger partial charge is 0.240 e. The van der Waals surface area contributed by atoms with Crippen LogP contribution in [0.4, 0.5) is 4.39 Å². The molecule has 170 valence electrons. The van der Waals surface area contributed by atoms with Crippen LogP contribution in [0, 0.1) is 11.7 Å². The molecule has 8 heteroatoms. The number of nitrogens with zero attached hydrogens (tertiary/aromatic N) is 1. The maximum atomic E-state index is 13.1. The Bertz CT molecular complexity index is 1210. The molecule has 1 atom stereocenters. The van der Waals surface area contributed by atoms with Gasteiger partial charge in [-0.15, -0.1) is 0 Å². The molecule has 1 aliphatic carbocycles. The van der Waals surface area contributed by atoms with Crippen molar-refractivity contribution in [3.63, 3.8) is 0 Å². The summed E-state index contributed by atoms with van der Waals surface area (Å²) >= 11 is 0. The molecule has 1 amide bonds. The number of aromatic nitrogens is 1. The lowest BCUT2D eigenvalue weighted by molar-refractivity contribution is -0.126. The van der Waals surface area contributed by atoms with Crippen LogP contribution in [0.3, 0.4) is 0 Å². The Morgan fingerprint density at radius 2 is 1.75 bits per heavy atom. The molecule has 1 fully saturated rings. The summed E-state index contributed by atoms with van der Waals surface area (Å²) < 4.78 is 43.6. The summed E-state index contributed by atoms with van der Waals surface area (Å²) in [5, 5.41) is 3.87. The first kappa shape index (κ1) is 22.5. The molecule has 1 aromatic heterocycles. The monoisotopic (exact) mass is 457 g/mol.